The molecule has 1 aromatic heterocycles. The molecule has 0 aliphatic carbocycles. The normalized spacial score (nSPS) is 11.1. The van der Waals surface area contributed by atoms with Crippen molar-refractivity contribution in [3.8, 4) is 5.69 Å². The van der Waals surface area contributed by atoms with E-state index in [1.54, 1.807) is 18.2 Å². The second kappa shape index (κ2) is 4.05. The molecule has 0 saturated heterocycles. The highest BCUT2D eigenvalue weighted by atomic mass is 19.1. The monoisotopic (exact) mass is 259 g/mol. The molecule has 0 aliphatic rings. The number of hydrogen-bond acceptors (Lipinski definition) is 2. The Morgan fingerprint density at radius 3 is 2.42 bits per heavy atom. The van der Waals surface area contributed by atoms with E-state index >= 15 is 0 Å². The van der Waals surface area contributed by atoms with Crippen molar-refractivity contribution < 1.29 is 8.78 Å². The Morgan fingerprint density at radius 2 is 1.74 bits per heavy atom. The molecule has 5 heteroatoms. The van der Waals surface area contributed by atoms with Crippen LogP contribution in [0.2, 0.25) is 0 Å². The molecule has 2 N–H and O–H groups in total. The molecule has 3 nitrogen and oxygen atoms in total. The van der Waals surface area contributed by atoms with Crippen LogP contribution in [0.3, 0.4) is 0 Å². The molecular weight excluding hydrogens is 248 g/mol. The number of rotatable bonds is 1. The Kier molecular flexibility index (Phi) is 2.48. The summed E-state index contributed by atoms with van der Waals surface area (Å²) in [6.45, 7) is 1.83. The van der Waals surface area contributed by atoms with Crippen molar-refractivity contribution in [1.82, 2.24) is 9.78 Å². The van der Waals surface area contributed by atoms with E-state index in [4.69, 9.17) is 5.73 Å². The topological polar surface area (TPSA) is 43.8 Å². The zero-order valence-electron chi connectivity index (χ0n) is 10.2. The van der Waals surface area contributed by atoms with Gasteiger partial charge in [-0.3, -0.25) is 0 Å². The fourth-order valence-corrected chi connectivity index (χ4v) is 2.14. The van der Waals surface area contributed by atoms with E-state index < -0.39 is 11.6 Å². The van der Waals surface area contributed by atoms with Gasteiger partial charge in [0.2, 0.25) is 0 Å². The summed E-state index contributed by atoms with van der Waals surface area (Å²) in [5.74, 6) is -1.27. The first kappa shape index (κ1) is 11.6. The quantitative estimate of drug-likeness (QED) is 0.682. The van der Waals surface area contributed by atoms with E-state index in [0.717, 1.165) is 22.7 Å². The fraction of sp³-hybridized carbons (Fsp3) is 0.0714. The average molecular weight is 259 g/mol. The molecule has 0 aliphatic heterocycles. The van der Waals surface area contributed by atoms with Gasteiger partial charge in [0.1, 0.15) is 11.6 Å². The molecule has 0 unspecified atom stereocenters. The first-order chi connectivity index (χ1) is 9.04. The van der Waals surface area contributed by atoms with Gasteiger partial charge in [-0.05, 0) is 37.3 Å². The lowest BCUT2D eigenvalue weighted by Crippen LogP contribution is -1.98. The maximum Gasteiger partial charge on any atom is 0.128 e. The van der Waals surface area contributed by atoms with Crippen LogP contribution in [0, 0.1) is 18.6 Å². The van der Waals surface area contributed by atoms with Gasteiger partial charge in [0, 0.05) is 17.1 Å². The van der Waals surface area contributed by atoms with Gasteiger partial charge in [0.25, 0.3) is 0 Å². The molecule has 96 valence electrons. The Morgan fingerprint density at radius 1 is 1.05 bits per heavy atom. The number of hydrogen-bond donors (Lipinski definition) is 1. The summed E-state index contributed by atoms with van der Waals surface area (Å²) in [6, 6.07) is 8.63. The number of halogens is 2. The predicted octanol–water partition coefficient (Wildman–Crippen LogP) is 3.19. The number of fused-ring (bicyclic) bond motifs is 1. The SMILES string of the molecule is Cc1nn(-c2cc(F)cc(F)c2)c2ccc(N)cc12. The van der Waals surface area contributed by atoms with E-state index in [2.05, 4.69) is 5.10 Å². The average Bonchev–Trinajstić information content (AvgIpc) is 2.65. The van der Waals surface area contributed by atoms with Crippen LogP contribution < -0.4 is 5.73 Å². The largest absolute Gasteiger partial charge is 0.399 e. The van der Waals surface area contributed by atoms with Crippen LogP contribution in [0.15, 0.2) is 36.4 Å². The summed E-state index contributed by atoms with van der Waals surface area (Å²) in [7, 11) is 0. The molecule has 0 amide bonds. The fourth-order valence-electron chi connectivity index (χ4n) is 2.14. The number of aromatic nitrogens is 2. The van der Waals surface area contributed by atoms with Crippen molar-refractivity contribution in [3.05, 3.63) is 53.7 Å². The maximum atomic E-state index is 13.3. The summed E-state index contributed by atoms with van der Waals surface area (Å²) in [5, 5.41) is 5.18. The number of anilines is 1. The molecule has 0 atom stereocenters. The first-order valence-electron chi connectivity index (χ1n) is 5.76. The van der Waals surface area contributed by atoms with Gasteiger partial charge in [0.15, 0.2) is 0 Å². The highest BCUT2D eigenvalue weighted by Crippen LogP contribution is 2.24. The van der Waals surface area contributed by atoms with E-state index in [-0.39, 0.29) is 0 Å². The van der Waals surface area contributed by atoms with Gasteiger partial charge in [0.05, 0.1) is 16.9 Å². The summed E-state index contributed by atoms with van der Waals surface area (Å²) in [4.78, 5) is 0. The number of aryl methyl sites for hydroxylation is 1. The minimum atomic E-state index is -0.633. The molecule has 0 radical (unpaired) electrons. The van der Waals surface area contributed by atoms with Crippen LogP contribution in [0.4, 0.5) is 14.5 Å². The van der Waals surface area contributed by atoms with Gasteiger partial charge in [-0.2, -0.15) is 5.10 Å². The third-order valence-electron chi connectivity index (χ3n) is 2.98. The van der Waals surface area contributed by atoms with E-state index in [1.807, 2.05) is 6.92 Å². The standard InChI is InChI=1S/C14H11F2N3/c1-8-13-7-11(17)2-3-14(13)19(18-8)12-5-9(15)4-10(16)6-12/h2-7H,17H2,1H3. The van der Waals surface area contributed by atoms with Gasteiger partial charge in [-0.25, -0.2) is 13.5 Å². The molecular formula is C14H11F2N3. The third kappa shape index (κ3) is 1.93. The molecule has 0 spiro atoms. The number of nitrogens with zero attached hydrogens (tertiary/aromatic N) is 2. The van der Waals surface area contributed by atoms with Gasteiger partial charge in [-0.15, -0.1) is 0 Å². The minimum absolute atomic E-state index is 0.348. The van der Waals surface area contributed by atoms with Crippen LogP contribution >= 0.6 is 0 Å². The molecule has 0 fully saturated rings. The maximum absolute atomic E-state index is 13.3. The Labute approximate surface area is 108 Å². The summed E-state index contributed by atoms with van der Waals surface area (Å²) in [5.41, 5.74) is 8.22. The molecule has 2 aromatic carbocycles. The van der Waals surface area contributed by atoms with Gasteiger partial charge < -0.3 is 5.73 Å². The van der Waals surface area contributed by atoms with Crippen molar-refractivity contribution >= 4 is 16.6 Å². The van der Waals surface area contributed by atoms with Crippen LogP contribution in [0.1, 0.15) is 5.69 Å². The van der Waals surface area contributed by atoms with Crippen LogP contribution in [-0.4, -0.2) is 9.78 Å². The number of nitrogen functional groups attached to an aromatic ring is 1. The number of nitrogens with two attached hydrogens (primary N) is 1. The molecule has 19 heavy (non-hydrogen) atoms. The van der Waals surface area contributed by atoms with Crippen molar-refractivity contribution in [2.75, 3.05) is 5.73 Å². The lowest BCUT2D eigenvalue weighted by atomic mass is 10.2. The lowest BCUT2D eigenvalue weighted by molar-refractivity contribution is 0.580. The molecule has 3 rings (SSSR count). The summed E-state index contributed by atoms with van der Waals surface area (Å²) in [6.07, 6.45) is 0. The number of benzene rings is 2. The van der Waals surface area contributed by atoms with Crippen molar-refractivity contribution in [3.63, 3.8) is 0 Å². The molecule has 1 heterocycles. The van der Waals surface area contributed by atoms with Crippen molar-refractivity contribution in [1.29, 1.82) is 0 Å². The highest BCUT2D eigenvalue weighted by Gasteiger charge is 2.11. The van der Waals surface area contributed by atoms with E-state index in [9.17, 15) is 8.78 Å². The van der Waals surface area contributed by atoms with Crippen LogP contribution in [0.25, 0.3) is 16.6 Å². The Balaban J connectivity index is 2.31. The van der Waals surface area contributed by atoms with Crippen LogP contribution in [-0.2, 0) is 0 Å². The van der Waals surface area contributed by atoms with Crippen molar-refractivity contribution in [2.24, 2.45) is 0 Å². The van der Waals surface area contributed by atoms with Gasteiger partial charge in [-0.1, -0.05) is 0 Å². The zero-order valence-corrected chi connectivity index (χ0v) is 10.2. The minimum Gasteiger partial charge on any atom is -0.399 e. The van der Waals surface area contributed by atoms with E-state index in [1.165, 1.54) is 16.8 Å². The molecule has 0 bridgehead atoms. The summed E-state index contributed by atoms with van der Waals surface area (Å²) >= 11 is 0. The van der Waals surface area contributed by atoms with Crippen LogP contribution in [0.5, 0.6) is 0 Å². The second-order valence-electron chi connectivity index (χ2n) is 4.40. The van der Waals surface area contributed by atoms with Gasteiger partial charge >= 0.3 is 0 Å². The summed E-state index contributed by atoms with van der Waals surface area (Å²) < 4.78 is 28.1. The van der Waals surface area contributed by atoms with Crippen molar-refractivity contribution in [2.45, 2.75) is 6.92 Å². The zero-order chi connectivity index (χ0) is 13.6. The lowest BCUT2D eigenvalue weighted by Gasteiger charge is -2.04. The molecule has 3 aromatic rings. The third-order valence-corrected chi connectivity index (χ3v) is 2.98. The molecule has 0 saturated carbocycles. The Bertz CT molecular complexity index is 757. The highest BCUT2D eigenvalue weighted by molar-refractivity contribution is 5.86. The van der Waals surface area contributed by atoms with E-state index in [0.29, 0.717) is 11.4 Å². The smallest absolute Gasteiger partial charge is 0.128 e. The first-order valence-corrected chi connectivity index (χ1v) is 5.76. The predicted molar refractivity (Wildman–Crippen MR) is 70.1 cm³/mol. The second-order valence-corrected chi connectivity index (χ2v) is 4.40. The Hall–Kier alpha value is -2.43.